The van der Waals surface area contributed by atoms with E-state index in [0.717, 1.165) is 22.2 Å². The summed E-state index contributed by atoms with van der Waals surface area (Å²) < 4.78 is 0. The summed E-state index contributed by atoms with van der Waals surface area (Å²) in [7, 11) is 0. The summed E-state index contributed by atoms with van der Waals surface area (Å²) in [5.41, 5.74) is 9.12. The molecule has 0 amide bonds. The standard InChI is InChI=1S/C18H16N2O/c19-16-6-3-4-13(10-16)8-9-18(21)15-11-14-5-1-2-7-17(14)20-12-15/h1-7,10-12H,8-9,19H2. The average molecular weight is 276 g/mol. The molecular weight excluding hydrogens is 260 g/mol. The zero-order valence-electron chi connectivity index (χ0n) is 11.6. The van der Waals surface area contributed by atoms with Gasteiger partial charge in [0, 0.05) is 29.3 Å². The molecule has 21 heavy (non-hydrogen) atoms. The highest BCUT2D eigenvalue weighted by Crippen LogP contribution is 2.15. The minimum absolute atomic E-state index is 0.107. The number of rotatable bonds is 4. The number of carbonyl (C=O) groups excluding carboxylic acids is 1. The number of aromatic nitrogens is 1. The lowest BCUT2D eigenvalue weighted by molar-refractivity contribution is 0.0982. The first kappa shape index (κ1) is 13.3. The molecule has 3 heteroatoms. The second kappa shape index (κ2) is 5.75. The van der Waals surface area contributed by atoms with E-state index in [4.69, 9.17) is 5.73 Å². The van der Waals surface area contributed by atoms with Crippen LogP contribution in [-0.4, -0.2) is 10.8 Å². The number of para-hydroxylation sites is 1. The van der Waals surface area contributed by atoms with Crippen molar-refractivity contribution in [2.75, 3.05) is 5.73 Å². The van der Waals surface area contributed by atoms with Crippen molar-refractivity contribution >= 4 is 22.4 Å². The van der Waals surface area contributed by atoms with E-state index in [-0.39, 0.29) is 5.78 Å². The third-order valence-electron chi connectivity index (χ3n) is 3.50. The van der Waals surface area contributed by atoms with E-state index in [1.165, 1.54) is 0 Å². The van der Waals surface area contributed by atoms with Gasteiger partial charge in [-0.15, -0.1) is 0 Å². The van der Waals surface area contributed by atoms with Gasteiger partial charge in [-0.05, 0) is 36.2 Å². The Kier molecular flexibility index (Phi) is 3.65. The van der Waals surface area contributed by atoms with E-state index in [2.05, 4.69) is 4.98 Å². The number of nitrogens with two attached hydrogens (primary N) is 1. The van der Waals surface area contributed by atoms with Gasteiger partial charge in [-0.3, -0.25) is 9.78 Å². The van der Waals surface area contributed by atoms with Crippen LogP contribution < -0.4 is 5.73 Å². The Morgan fingerprint density at radius 1 is 1.05 bits per heavy atom. The number of carbonyl (C=O) groups is 1. The molecule has 1 heterocycles. The molecule has 3 rings (SSSR count). The summed E-state index contributed by atoms with van der Waals surface area (Å²) in [6.07, 6.45) is 2.81. The number of benzene rings is 2. The molecule has 0 aliphatic carbocycles. The van der Waals surface area contributed by atoms with Crippen molar-refractivity contribution in [3.8, 4) is 0 Å². The number of Topliss-reactive ketones (excluding diaryl/α,β-unsaturated/α-hetero) is 1. The topological polar surface area (TPSA) is 56.0 Å². The third kappa shape index (κ3) is 3.08. The maximum Gasteiger partial charge on any atom is 0.164 e. The molecule has 0 unspecified atom stereocenters. The van der Waals surface area contributed by atoms with E-state index in [9.17, 15) is 4.79 Å². The fourth-order valence-corrected chi connectivity index (χ4v) is 2.37. The zero-order valence-corrected chi connectivity index (χ0v) is 11.6. The fourth-order valence-electron chi connectivity index (χ4n) is 2.37. The van der Waals surface area contributed by atoms with E-state index >= 15 is 0 Å². The van der Waals surface area contributed by atoms with Crippen LogP contribution in [0.5, 0.6) is 0 Å². The Labute approximate surface area is 123 Å². The molecule has 0 radical (unpaired) electrons. The van der Waals surface area contributed by atoms with Gasteiger partial charge in [0.25, 0.3) is 0 Å². The van der Waals surface area contributed by atoms with Crippen LogP contribution in [0, 0.1) is 0 Å². The first-order valence-corrected chi connectivity index (χ1v) is 6.95. The number of nitrogens with zero attached hydrogens (tertiary/aromatic N) is 1. The molecular formula is C18H16N2O. The Balaban J connectivity index is 1.74. The molecule has 0 saturated heterocycles. The molecule has 0 saturated carbocycles. The second-order valence-corrected chi connectivity index (χ2v) is 5.08. The van der Waals surface area contributed by atoms with E-state index < -0.39 is 0 Å². The van der Waals surface area contributed by atoms with Crippen LogP contribution in [0.3, 0.4) is 0 Å². The molecule has 1 aromatic heterocycles. The van der Waals surface area contributed by atoms with Crippen molar-refractivity contribution < 1.29 is 4.79 Å². The lowest BCUT2D eigenvalue weighted by Crippen LogP contribution is -2.02. The quantitative estimate of drug-likeness (QED) is 0.584. The highest BCUT2D eigenvalue weighted by Gasteiger charge is 2.08. The van der Waals surface area contributed by atoms with Crippen LogP contribution in [-0.2, 0) is 6.42 Å². The SMILES string of the molecule is Nc1cccc(CCC(=O)c2cnc3ccccc3c2)c1. The highest BCUT2D eigenvalue weighted by molar-refractivity contribution is 5.98. The summed E-state index contributed by atoms with van der Waals surface area (Å²) in [5.74, 6) is 0.107. The molecule has 0 spiro atoms. The molecule has 0 atom stereocenters. The second-order valence-electron chi connectivity index (χ2n) is 5.08. The molecule has 2 aromatic carbocycles. The molecule has 0 fully saturated rings. The average Bonchev–Trinajstić information content (AvgIpc) is 2.52. The smallest absolute Gasteiger partial charge is 0.164 e. The van der Waals surface area contributed by atoms with Crippen molar-refractivity contribution in [3.05, 3.63) is 71.9 Å². The number of pyridine rings is 1. The van der Waals surface area contributed by atoms with Crippen molar-refractivity contribution in [2.24, 2.45) is 0 Å². The minimum atomic E-state index is 0.107. The molecule has 3 nitrogen and oxygen atoms in total. The normalized spacial score (nSPS) is 10.7. The van der Waals surface area contributed by atoms with E-state index in [1.54, 1.807) is 6.20 Å². The third-order valence-corrected chi connectivity index (χ3v) is 3.50. The van der Waals surface area contributed by atoms with Gasteiger partial charge >= 0.3 is 0 Å². The van der Waals surface area contributed by atoms with Crippen molar-refractivity contribution in [3.63, 3.8) is 0 Å². The molecule has 0 aliphatic heterocycles. The molecule has 104 valence electrons. The summed E-state index contributed by atoms with van der Waals surface area (Å²) in [6, 6.07) is 17.4. The predicted octanol–water partition coefficient (Wildman–Crippen LogP) is 3.63. The van der Waals surface area contributed by atoms with Gasteiger partial charge in [-0.25, -0.2) is 0 Å². The maximum absolute atomic E-state index is 12.3. The Morgan fingerprint density at radius 2 is 1.90 bits per heavy atom. The predicted molar refractivity (Wildman–Crippen MR) is 85.2 cm³/mol. The fraction of sp³-hybridized carbons (Fsp3) is 0.111. The summed E-state index contributed by atoms with van der Waals surface area (Å²) in [4.78, 5) is 16.6. The van der Waals surface area contributed by atoms with Crippen molar-refractivity contribution in [1.29, 1.82) is 0 Å². The van der Waals surface area contributed by atoms with Gasteiger partial charge in [0.15, 0.2) is 5.78 Å². The monoisotopic (exact) mass is 276 g/mol. The molecule has 0 bridgehead atoms. The maximum atomic E-state index is 12.3. The van der Waals surface area contributed by atoms with E-state index in [0.29, 0.717) is 18.4 Å². The van der Waals surface area contributed by atoms with Crippen LogP contribution in [0.1, 0.15) is 22.3 Å². The lowest BCUT2D eigenvalue weighted by atomic mass is 10.0. The first-order valence-electron chi connectivity index (χ1n) is 6.95. The highest BCUT2D eigenvalue weighted by atomic mass is 16.1. The number of fused-ring (bicyclic) bond motifs is 1. The molecule has 2 N–H and O–H groups in total. The van der Waals surface area contributed by atoms with Gasteiger partial charge < -0.3 is 5.73 Å². The van der Waals surface area contributed by atoms with Gasteiger partial charge in [0.05, 0.1) is 5.52 Å². The Hall–Kier alpha value is -2.68. The van der Waals surface area contributed by atoms with Gasteiger partial charge in [0.2, 0.25) is 0 Å². The van der Waals surface area contributed by atoms with Gasteiger partial charge in [-0.1, -0.05) is 30.3 Å². The van der Waals surface area contributed by atoms with Crippen molar-refractivity contribution in [1.82, 2.24) is 4.98 Å². The number of hydrogen-bond donors (Lipinski definition) is 1. The van der Waals surface area contributed by atoms with Crippen LogP contribution in [0.4, 0.5) is 5.69 Å². The van der Waals surface area contributed by atoms with Crippen LogP contribution >= 0.6 is 0 Å². The first-order chi connectivity index (χ1) is 10.2. The van der Waals surface area contributed by atoms with Crippen LogP contribution in [0.25, 0.3) is 10.9 Å². The van der Waals surface area contributed by atoms with Crippen LogP contribution in [0.2, 0.25) is 0 Å². The van der Waals surface area contributed by atoms with Gasteiger partial charge in [-0.2, -0.15) is 0 Å². The number of nitrogen functional groups attached to an aromatic ring is 1. The number of hydrogen-bond acceptors (Lipinski definition) is 3. The van der Waals surface area contributed by atoms with E-state index in [1.807, 2.05) is 54.6 Å². The Morgan fingerprint density at radius 3 is 2.76 bits per heavy atom. The number of aryl methyl sites for hydroxylation is 1. The van der Waals surface area contributed by atoms with Crippen molar-refractivity contribution in [2.45, 2.75) is 12.8 Å². The summed E-state index contributed by atoms with van der Waals surface area (Å²) in [5, 5.41) is 0.993. The van der Waals surface area contributed by atoms with Crippen LogP contribution in [0.15, 0.2) is 60.8 Å². The number of anilines is 1. The molecule has 0 aliphatic rings. The summed E-state index contributed by atoms with van der Waals surface area (Å²) >= 11 is 0. The molecule has 3 aromatic rings. The van der Waals surface area contributed by atoms with Gasteiger partial charge in [0.1, 0.15) is 0 Å². The zero-order chi connectivity index (χ0) is 14.7. The Bertz CT molecular complexity index is 796. The number of ketones is 1. The minimum Gasteiger partial charge on any atom is -0.399 e. The lowest BCUT2D eigenvalue weighted by Gasteiger charge is -2.04. The summed E-state index contributed by atoms with van der Waals surface area (Å²) in [6.45, 7) is 0. The largest absolute Gasteiger partial charge is 0.399 e.